The molecule has 96 valence electrons. The number of methoxy groups -OCH3 is 1. The van der Waals surface area contributed by atoms with Crippen LogP contribution in [0.4, 0.5) is 13.2 Å². The van der Waals surface area contributed by atoms with Gasteiger partial charge in [-0.25, -0.2) is 0 Å². The van der Waals surface area contributed by atoms with Gasteiger partial charge in [0.15, 0.2) is 6.10 Å². The third-order valence-electron chi connectivity index (χ3n) is 2.08. The number of aliphatic hydroxyl groups is 1. The van der Waals surface area contributed by atoms with Gasteiger partial charge < -0.3 is 14.6 Å². The van der Waals surface area contributed by atoms with Crippen LogP contribution in [0.2, 0.25) is 0 Å². The molecule has 0 bridgehead atoms. The predicted octanol–water partition coefficient (Wildman–Crippen LogP) is 2.13. The Kier molecular flexibility index (Phi) is 4.77. The van der Waals surface area contributed by atoms with Crippen LogP contribution in [0.25, 0.3) is 0 Å². The van der Waals surface area contributed by atoms with Gasteiger partial charge in [-0.2, -0.15) is 13.2 Å². The van der Waals surface area contributed by atoms with Gasteiger partial charge in [-0.05, 0) is 17.7 Å². The maximum atomic E-state index is 11.9. The summed E-state index contributed by atoms with van der Waals surface area (Å²) in [5.41, 5.74) is 0.708. The molecule has 0 fully saturated rings. The monoisotopic (exact) mass is 250 g/mol. The SMILES string of the molecule is COc1ccc(COC[C@H](O)C(F)(F)F)cc1. The van der Waals surface area contributed by atoms with Crippen molar-refractivity contribution in [3.05, 3.63) is 29.8 Å². The van der Waals surface area contributed by atoms with Crippen LogP contribution in [0.1, 0.15) is 5.56 Å². The molecule has 0 aromatic heterocycles. The van der Waals surface area contributed by atoms with Crippen LogP contribution in [-0.4, -0.2) is 31.1 Å². The predicted molar refractivity (Wildman–Crippen MR) is 54.7 cm³/mol. The molecule has 1 rings (SSSR count). The molecule has 17 heavy (non-hydrogen) atoms. The van der Waals surface area contributed by atoms with E-state index in [9.17, 15) is 13.2 Å². The van der Waals surface area contributed by atoms with Gasteiger partial charge in [0.1, 0.15) is 5.75 Å². The topological polar surface area (TPSA) is 38.7 Å². The Morgan fingerprint density at radius 1 is 1.24 bits per heavy atom. The first-order chi connectivity index (χ1) is 7.93. The van der Waals surface area contributed by atoms with Crippen molar-refractivity contribution in [1.29, 1.82) is 0 Å². The summed E-state index contributed by atoms with van der Waals surface area (Å²) < 4.78 is 45.5. The Labute approximate surface area is 96.8 Å². The van der Waals surface area contributed by atoms with E-state index in [4.69, 9.17) is 14.6 Å². The van der Waals surface area contributed by atoms with Gasteiger partial charge in [0.25, 0.3) is 0 Å². The molecular weight excluding hydrogens is 237 g/mol. The average molecular weight is 250 g/mol. The molecule has 1 N–H and O–H groups in total. The Morgan fingerprint density at radius 2 is 1.82 bits per heavy atom. The Hall–Kier alpha value is -1.27. The Morgan fingerprint density at radius 3 is 2.29 bits per heavy atom. The summed E-state index contributed by atoms with van der Waals surface area (Å²) in [6.07, 6.45) is -7.08. The zero-order chi connectivity index (χ0) is 12.9. The second kappa shape index (κ2) is 5.88. The van der Waals surface area contributed by atoms with Crippen LogP contribution in [0.5, 0.6) is 5.75 Å². The molecule has 0 aliphatic carbocycles. The number of aliphatic hydroxyl groups excluding tert-OH is 1. The molecule has 3 nitrogen and oxygen atoms in total. The molecule has 0 saturated carbocycles. The van der Waals surface area contributed by atoms with Crippen molar-refractivity contribution in [2.45, 2.75) is 18.9 Å². The van der Waals surface area contributed by atoms with Crippen LogP contribution >= 0.6 is 0 Å². The summed E-state index contributed by atoms with van der Waals surface area (Å²) in [7, 11) is 1.52. The second-order valence-corrected chi connectivity index (χ2v) is 3.42. The van der Waals surface area contributed by atoms with Gasteiger partial charge in [-0.1, -0.05) is 12.1 Å². The lowest BCUT2D eigenvalue weighted by Crippen LogP contribution is -2.32. The fourth-order valence-electron chi connectivity index (χ4n) is 1.10. The van der Waals surface area contributed by atoms with Crippen molar-refractivity contribution in [3.8, 4) is 5.75 Å². The summed E-state index contributed by atoms with van der Waals surface area (Å²) in [5, 5.41) is 8.68. The molecule has 1 atom stereocenters. The number of hydrogen-bond acceptors (Lipinski definition) is 3. The van der Waals surface area contributed by atoms with Gasteiger partial charge in [-0.3, -0.25) is 0 Å². The highest BCUT2D eigenvalue weighted by atomic mass is 19.4. The highest BCUT2D eigenvalue weighted by Crippen LogP contribution is 2.20. The fraction of sp³-hybridized carbons (Fsp3) is 0.455. The van der Waals surface area contributed by atoms with Gasteiger partial charge in [0, 0.05) is 0 Å². The summed E-state index contributed by atoms with van der Waals surface area (Å²) in [6, 6.07) is 6.72. The quantitative estimate of drug-likeness (QED) is 0.870. The van der Waals surface area contributed by atoms with Crippen LogP contribution in [0.3, 0.4) is 0 Å². The lowest BCUT2D eigenvalue weighted by atomic mass is 10.2. The van der Waals surface area contributed by atoms with Crippen molar-refractivity contribution in [2.24, 2.45) is 0 Å². The molecule has 0 amide bonds. The fourth-order valence-corrected chi connectivity index (χ4v) is 1.10. The van der Waals surface area contributed by atoms with Gasteiger partial charge >= 0.3 is 6.18 Å². The molecule has 1 aromatic rings. The minimum atomic E-state index is -4.64. The van der Waals surface area contributed by atoms with Gasteiger partial charge in [-0.15, -0.1) is 0 Å². The van der Waals surface area contributed by atoms with Crippen molar-refractivity contribution in [2.75, 3.05) is 13.7 Å². The van der Waals surface area contributed by atoms with Crippen LogP contribution < -0.4 is 4.74 Å². The third kappa shape index (κ3) is 4.62. The van der Waals surface area contributed by atoms with E-state index in [1.165, 1.54) is 7.11 Å². The van der Waals surface area contributed by atoms with E-state index in [0.29, 0.717) is 11.3 Å². The number of hydrogen-bond donors (Lipinski definition) is 1. The highest BCUT2D eigenvalue weighted by Gasteiger charge is 2.38. The number of ether oxygens (including phenoxy) is 2. The molecule has 0 saturated heterocycles. The molecule has 0 aliphatic heterocycles. The normalized spacial score (nSPS) is 13.5. The van der Waals surface area contributed by atoms with E-state index in [0.717, 1.165) is 0 Å². The Bertz CT molecular complexity index is 335. The van der Waals surface area contributed by atoms with Crippen molar-refractivity contribution >= 4 is 0 Å². The molecule has 0 unspecified atom stereocenters. The maximum absolute atomic E-state index is 11.9. The second-order valence-electron chi connectivity index (χ2n) is 3.42. The van der Waals surface area contributed by atoms with Crippen molar-refractivity contribution < 1.29 is 27.8 Å². The smallest absolute Gasteiger partial charge is 0.416 e. The van der Waals surface area contributed by atoms with E-state index in [1.807, 2.05) is 0 Å². The molecule has 0 radical (unpaired) electrons. The van der Waals surface area contributed by atoms with Crippen LogP contribution in [0.15, 0.2) is 24.3 Å². The molecule has 6 heteroatoms. The molecule has 1 aromatic carbocycles. The maximum Gasteiger partial charge on any atom is 0.416 e. The number of halogens is 3. The minimum Gasteiger partial charge on any atom is -0.497 e. The summed E-state index contributed by atoms with van der Waals surface area (Å²) >= 11 is 0. The summed E-state index contributed by atoms with van der Waals surface area (Å²) in [6.45, 7) is -0.757. The van der Waals surface area contributed by atoms with Gasteiger partial charge in [0.05, 0.1) is 20.3 Å². The molecule has 0 heterocycles. The van der Waals surface area contributed by atoms with E-state index in [1.54, 1.807) is 24.3 Å². The zero-order valence-electron chi connectivity index (χ0n) is 9.20. The molecule has 0 aliphatic rings. The van der Waals surface area contributed by atoms with E-state index < -0.39 is 18.9 Å². The highest BCUT2D eigenvalue weighted by molar-refractivity contribution is 5.26. The first-order valence-corrected chi connectivity index (χ1v) is 4.89. The van der Waals surface area contributed by atoms with E-state index >= 15 is 0 Å². The first kappa shape index (κ1) is 13.8. The summed E-state index contributed by atoms with van der Waals surface area (Å²) in [4.78, 5) is 0. The standard InChI is InChI=1S/C11H13F3O3/c1-16-9-4-2-8(3-5-9)6-17-7-10(15)11(12,13)14/h2-5,10,15H,6-7H2,1H3/t10-/m0/s1. The van der Waals surface area contributed by atoms with E-state index in [-0.39, 0.29) is 6.61 Å². The third-order valence-corrected chi connectivity index (χ3v) is 2.08. The molecular formula is C11H13F3O3. The van der Waals surface area contributed by atoms with Crippen molar-refractivity contribution in [3.63, 3.8) is 0 Å². The number of alkyl halides is 3. The summed E-state index contributed by atoms with van der Waals surface area (Å²) in [5.74, 6) is 0.657. The lowest BCUT2D eigenvalue weighted by Gasteiger charge is -2.14. The zero-order valence-corrected chi connectivity index (χ0v) is 9.20. The largest absolute Gasteiger partial charge is 0.497 e. The first-order valence-electron chi connectivity index (χ1n) is 4.89. The minimum absolute atomic E-state index is 0.0110. The lowest BCUT2D eigenvalue weighted by molar-refractivity contribution is -0.218. The van der Waals surface area contributed by atoms with Crippen LogP contribution in [-0.2, 0) is 11.3 Å². The number of benzene rings is 1. The average Bonchev–Trinajstić information content (AvgIpc) is 2.28. The Balaban J connectivity index is 2.35. The van der Waals surface area contributed by atoms with Crippen molar-refractivity contribution in [1.82, 2.24) is 0 Å². The van der Waals surface area contributed by atoms with E-state index in [2.05, 4.69) is 0 Å². The molecule has 0 spiro atoms. The number of rotatable bonds is 5. The van der Waals surface area contributed by atoms with Gasteiger partial charge in [0.2, 0.25) is 0 Å². The van der Waals surface area contributed by atoms with Crippen LogP contribution in [0, 0.1) is 0 Å².